The minimum Gasteiger partial charge on any atom is -0.355 e. The van der Waals surface area contributed by atoms with Gasteiger partial charge in [-0.2, -0.15) is 0 Å². The molecule has 0 fully saturated rings. The Hall–Kier alpha value is -0.530. The molecule has 0 radical (unpaired) electrons. The predicted octanol–water partition coefficient (Wildman–Crippen LogP) is 3.61. The molecule has 0 rings (SSSR count). The molecule has 0 aromatic heterocycles. The Morgan fingerprint density at radius 3 is 1.94 bits per heavy atom. The van der Waals surface area contributed by atoms with E-state index in [9.17, 15) is 4.79 Å². The third-order valence-electron chi connectivity index (χ3n) is 2.79. The first kappa shape index (κ1) is 15.5. The van der Waals surface area contributed by atoms with E-state index in [0.29, 0.717) is 11.3 Å². The van der Waals surface area contributed by atoms with Gasteiger partial charge >= 0.3 is 0 Å². The summed E-state index contributed by atoms with van der Waals surface area (Å²) >= 11 is 0. The number of hydrogen-bond acceptors (Lipinski definition) is 1. The van der Waals surface area contributed by atoms with E-state index in [0.717, 1.165) is 19.4 Å². The lowest BCUT2D eigenvalue weighted by atomic mass is 9.79. The van der Waals surface area contributed by atoms with Crippen LogP contribution < -0.4 is 5.32 Å². The third-order valence-corrected chi connectivity index (χ3v) is 2.79. The minimum absolute atomic E-state index is 0.186. The largest absolute Gasteiger partial charge is 0.355 e. The maximum absolute atomic E-state index is 12.0. The summed E-state index contributed by atoms with van der Waals surface area (Å²) in [7, 11) is 0. The highest BCUT2D eigenvalue weighted by atomic mass is 16.2. The molecule has 0 atom stereocenters. The van der Waals surface area contributed by atoms with E-state index in [1.165, 1.54) is 0 Å². The van der Waals surface area contributed by atoms with Gasteiger partial charge in [-0.05, 0) is 24.2 Å². The first-order valence-corrected chi connectivity index (χ1v) is 6.33. The molecule has 96 valence electrons. The lowest BCUT2D eigenvalue weighted by Crippen LogP contribution is -2.39. The minimum atomic E-state index is -0.248. The molecule has 16 heavy (non-hydrogen) atoms. The van der Waals surface area contributed by atoms with Crippen LogP contribution in [-0.4, -0.2) is 12.5 Å². The van der Waals surface area contributed by atoms with Crippen LogP contribution in [0.25, 0.3) is 0 Å². The Balaban J connectivity index is 4.15. The smallest absolute Gasteiger partial charge is 0.225 e. The Kier molecular flexibility index (Phi) is 5.51. The normalized spacial score (nSPS) is 13.0. The number of rotatable bonds is 5. The lowest BCUT2D eigenvalue weighted by Gasteiger charge is -2.28. The first-order chi connectivity index (χ1) is 7.04. The van der Waals surface area contributed by atoms with Gasteiger partial charge in [-0.15, -0.1) is 0 Å². The average Bonchev–Trinajstić information content (AvgIpc) is 2.10. The fraction of sp³-hybridized carbons (Fsp3) is 0.929. The number of nitrogens with one attached hydrogen (secondary N) is 1. The Morgan fingerprint density at radius 2 is 1.56 bits per heavy atom. The average molecular weight is 227 g/mol. The summed E-state index contributed by atoms with van der Waals surface area (Å²) in [6.07, 6.45) is 2.02. The molecule has 0 bridgehead atoms. The van der Waals surface area contributed by atoms with Gasteiger partial charge in [-0.1, -0.05) is 48.5 Å². The van der Waals surface area contributed by atoms with Gasteiger partial charge in [0.05, 0.1) is 0 Å². The highest BCUT2D eigenvalue weighted by Crippen LogP contribution is 2.30. The van der Waals surface area contributed by atoms with Crippen LogP contribution in [0.2, 0.25) is 0 Å². The fourth-order valence-corrected chi connectivity index (χ4v) is 1.34. The molecule has 0 aromatic carbocycles. The second-order valence-corrected chi connectivity index (χ2v) is 7.05. The molecular formula is C14H29NO. The van der Waals surface area contributed by atoms with Crippen LogP contribution in [0.1, 0.15) is 61.3 Å². The zero-order chi connectivity index (χ0) is 13.0. The summed E-state index contributed by atoms with van der Waals surface area (Å²) in [5.74, 6) is 0.702. The molecule has 0 spiro atoms. The molecule has 2 nitrogen and oxygen atoms in total. The number of carbonyl (C=O) groups excluding carboxylic acids is 1. The van der Waals surface area contributed by atoms with Crippen LogP contribution >= 0.6 is 0 Å². The number of carbonyl (C=O) groups is 1. The molecular weight excluding hydrogens is 198 g/mol. The summed E-state index contributed by atoms with van der Waals surface area (Å²) in [5.41, 5.74) is 0.0533. The quantitative estimate of drug-likeness (QED) is 0.763. The van der Waals surface area contributed by atoms with Crippen molar-refractivity contribution in [1.82, 2.24) is 5.32 Å². The van der Waals surface area contributed by atoms with Crippen LogP contribution in [-0.2, 0) is 4.79 Å². The highest BCUT2D eigenvalue weighted by Gasteiger charge is 2.28. The molecule has 0 heterocycles. The molecule has 0 saturated carbocycles. The monoisotopic (exact) mass is 227 g/mol. The van der Waals surface area contributed by atoms with E-state index >= 15 is 0 Å². The van der Waals surface area contributed by atoms with Gasteiger partial charge in [-0.25, -0.2) is 0 Å². The first-order valence-electron chi connectivity index (χ1n) is 6.33. The van der Waals surface area contributed by atoms with Gasteiger partial charge in [0, 0.05) is 12.0 Å². The second-order valence-electron chi connectivity index (χ2n) is 7.05. The standard InChI is InChI=1S/C14H29NO/c1-11(2)10-15-12(16)14(6,7)9-8-13(3,4)5/h11H,8-10H2,1-7H3,(H,15,16). The van der Waals surface area contributed by atoms with Crippen LogP contribution in [0.4, 0.5) is 0 Å². The van der Waals surface area contributed by atoms with Crippen molar-refractivity contribution in [3.05, 3.63) is 0 Å². The van der Waals surface area contributed by atoms with Crippen molar-refractivity contribution in [3.63, 3.8) is 0 Å². The van der Waals surface area contributed by atoms with E-state index in [1.54, 1.807) is 0 Å². The van der Waals surface area contributed by atoms with Gasteiger partial charge in [0.25, 0.3) is 0 Å². The molecule has 0 aliphatic heterocycles. The van der Waals surface area contributed by atoms with Crippen molar-refractivity contribution >= 4 is 5.91 Å². The molecule has 1 N–H and O–H groups in total. The van der Waals surface area contributed by atoms with Crippen molar-refractivity contribution in [2.75, 3.05) is 6.54 Å². The van der Waals surface area contributed by atoms with Crippen LogP contribution in [0, 0.1) is 16.7 Å². The summed E-state index contributed by atoms with van der Waals surface area (Å²) in [6, 6.07) is 0. The Bertz CT molecular complexity index is 223. The SMILES string of the molecule is CC(C)CNC(=O)C(C)(C)CCC(C)(C)C. The molecule has 0 saturated heterocycles. The number of hydrogen-bond donors (Lipinski definition) is 1. The number of amides is 1. The summed E-state index contributed by atoms with van der Waals surface area (Å²) < 4.78 is 0. The van der Waals surface area contributed by atoms with E-state index < -0.39 is 0 Å². The predicted molar refractivity (Wildman–Crippen MR) is 70.3 cm³/mol. The lowest BCUT2D eigenvalue weighted by molar-refractivity contribution is -0.130. The molecule has 1 amide bonds. The zero-order valence-electron chi connectivity index (χ0n) is 12.1. The summed E-state index contributed by atoms with van der Waals surface area (Å²) in [4.78, 5) is 12.0. The van der Waals surface area contributed by atoms with E-state index in [1.807, 2.05) is 13.8 Å². The van der Waals surface area contributed by atoms with Crippen molar-refractivity contribution in [3.8, 4) is 0 Å². The van der Waals surface area contributed by atoms with Crippen molar-refractivity contribution in [2.45, 2.75) is 61.3 Å². The van der Waals surface area contributed by atoms with Crippen LogP contribution in [0.15, 0.2) is 0 Å². The van der Waals surface area contributed by atoms with E-state index in [4.69, 9.17) is 0 Å². The molecule has 0 aliphatic carbocycles. The van der Waals surface area contributed by atoms with Gasteiger partial charge in [0.2, 0.25) is 5.91 Å². The van der Waals surface area contributed by atoms with E-state index in [2.05, 4.69) is 39.9 Å². The molecule has 0 unspecified atom stereocenters. The van der Waals surface area contributed by atoms with Gasteiger partial charge < -0.3 is 5.32 Å². The Labute approximate surface area is 101 Å². The summed E-state index contributed by atoms with van der Waals surface area (Å²) in [6.45, 7) is 15.7. The van der Waals surface area contributed by atoms with Gasteiger partial charge in [0.1, 0.15) is 0 Å². The van der Waals surface area contributed by atoms with Gasteiger partial charge in [0.15, 0.2) is 0 Å². The molecule has 2 heteroatoms. The Morgan fingerprint density at radius 1 is 1.06 bits per heavy atom. The highest BCUT2D eigenvalue weighted by molar-refractivity contribution is 5.81. The fourth-order valence-electron chi connectivity index (χ4n) is 1.34. The zero-order valence-corrected chi connectivity index (χ0v) is 12.1. The maximum atomic E-state index is 12.0. The van der Waals surface area contributed by atoms with Gasteiger partial charge in [-0.3, -0.25) is 4.79 Å². The molecule has 0 aliphatic rings. The summed E-state index contributed by atoms with van der Waals surface area (Å²) in [5, 5.41) is 3.02. The third kappa shape index (κ3) is 6.86. The van der Waals surface area contributed by atoms with Crippen molar-refractivity contribution in [1.29, 1.82) is 0 Å². The topological polar surface area (TPSA) is 29.1 Å². The second kappa shape index (κ2) is 5.70. The maximum Gasteiger partial charge on any atom is 0.225 e. The van der Waals surface area contributed by atoms with Crippen molar-refractivity contribution in [2.24, 2.45) is 16.7 Å². The van der Waals surface area contributed by atoms with Crippen molar-refractivity contribution < 1.29 is 4.79 Å². The van der Waals surface area contributed by atoms with E-state index in [-0.39, 0.29) is 11.3 Å². The van der Waals surface area contributed by atoms with Crippen LogP contribution in [0.5, 0.6) is 0 Å². The van der Waals surface area contributed by atoms with Crippen LogP contribution in [0.3, 0.4) is 0 Å². The molecule has 0 aromatic rings.